The third-order valence-electron chi connectivity index (χ3n) is 5.24. The van der Waals surface area contributed by atoms with Gasteiger partial charge in [-0.3, -0.25) is 19.6 Å². The predicted octanol–water partition coefficient (Wildman–Crippen LogP) is 1.76. The lowest BCUT2D eigenvalue weighted by molar-refractivity contribution is -0.0585. The van der Waals surface area contributed by atoms with Gasteiger partial charge >= 0.3 is 0 Å². The van der Waals surface area contributed by atoms with Gasteiger partial charge in [0.1, 0.15) is 5.69 Å². The van der Waals surface area contributed by atoms with Gasteiger partial charge < -0.3 is 15.2 Å². The molecule has 0 unspecified atom stereocenters. The fourth-order valence-electron chi connectivity index (χ4n) is 3.60. The normalized spacial score (nSPS) is 17.2. The third-order valence-corrected chi connectivity index (χ3v) is 5.24. The van der Waals surface area contributed by atoms with Gasteiger partial charge in [0, 0.05) is 57.4 Å². The summed E-state index contributed by atoms with van der Waals surface area (Å²) in [6.07, 6.45) is 1.21. The van der Waals surface area contributed by atoms with Gasteiger partial charge in [0.05, 0.1) is 18.3 Å². The molecule has 2 aromatic rings. The second-order valence-corrected chi connectivity index (χ2v) is 8.86. The van der Waals surface area contributed by atoms with Crippen molar-refractivity contribution in [1.82, 2.24) is 20.1 Å². The summed E-state index contributed by atoms with van der Waals surface area (Å²) >= 11 is 0. The SMILES string of the molecule is CC(C)(C)OC[C@@H](O)CN1CCN(CCNC(=O)c2nccc3ccccc23)CC1. The third kappa shape index (κ3) is 6.74. The highest BCUT2D eigenvalue weighted by molar-refractivity contribution is 6.05. The summed E-state index contributed by atoms with van der Waals surface area (Å²) in [6, 6.07) is 9.71. The molecule has 1 aromatic carbocycles. The van der Waals surface area contributed by atoms with Crippen LogP contribution in [0.5, 0.6) is 0 Å². The van der Waals surface area contributed by atoms with Crippen LogP contribution in [0.15, 0.2) is 36.5 Å². The number of carbonyl (C=O) groups excluding carboxylic acids is 1. The molecule has 7 heteroatoms. The van der Waals surface area contributed by atoms with E-state index >= 15 is 0 Å². The zero-order valence-corrected chi connectivity index (χ0v) is 18.3. The number of aliphatic hydroxyl groups excluding tert-OH is 1. The molecule has 1 atom stereocenters. The molecule has 0 spiro atoms. The number of amides is 1. The Morgan fingerprint density at radius 3 is 2.60 bits per heavy atom. The van der Waals surface area contributed by atoms with Crippen LogP contribution < -0.4 is 5.32 Å². The van der Waals surface area contributed by atoms with Crippen LogP contribution in [0.2, 0.25) is 0 Å². The quantitative estimate of drug-likeness (QED) is 0.685. The Bertz CT molecular complexity index is 823. The van der Waals surface area contributed by atoms with E-state index in [4.69, 9.17) is 4.74 Å². The first-order valence-corrected chi connectivity index (χ1v) is 10.7. The zero-order chi connectivity index (χ0) is 21.6. The van der Waals surface area contributed by atoms with E-state index < -0.39 is 6.10 Å². The molecule has 0 bridgehead atoms. The minimum Gasteiger partial charge on any atom is -0.389 e. The summed E-state index contributed by atoms with van der Waals surface area (Å²) in [4.78, 5) is 21.4. The smallest absolute Gasteiger partial charge is 0.270 e. The summed E-state index contributed by atoms with van der Waals surface area (Å²) in [5.41, 5.74) is 0.246. The topological polar surface area (TPSA) is 77.9 Å². The Hall–Kier alpha value is -2.06. The molecule has 3 rings (SSSR count). The van der Waals surface area contributed by atoms with Crippen LogP contribution in [0.25, 0.3) is 10.8 Å². The van der Waals surface area contributed by atoms with E-state index in [1.165, 1.54) is 0 Å². The van der Waals surface area contributed by atoms with Crippen molar-refractivity contribution >= 4 is 16.7 Å². The van der Waals surface area contributed by atoms with Gasteiger partial charge in [0.15, 0.2) is 0 Å². The van der Waals surface area contributed by atoms with Gasteiger partial charge in [0.2, 0.25) is 0 Å². The first-order chi connectivity index (χ1) is 14.3. The van der Waals surface area contributed by atoms with Crippen molar-refractivity contribution in [3.05, 3.63) is 42.2 Å². The Morgan fingerprint density at radius 1 is 1.17 bits per heavy atom. The number of rotatable bonds is 8. The number of fused-ring (bicyclic) bond motifs is 1. The van der Waals surface area contributed by atoms with Crippen molar-refractivity contribution < 1.29 is 14.6 Å². The molecule has 1 aromatic heterocycles. The van der Waals surface area contributed by atoms with Crippen molar-refractivity contribution in [3.63, 3.8) is 0 Å². The number of nitrogens with zero attached hydrogens (tertiary/aromatic N) is 3. The van der Waals surface area contributed by atoms with Gasteiger partial charge in [-0.1, -0.05) is 24.3 Å². The van der Waals surface area contributed by atoms with E-state index in [2.05, 4.69) is 20.1 Å². The molecule has 1 saturated heterocycles. The summed E-state index contributed by atoms with van der Waals surface area (Å²) in [7, 11) is 0. The summed E-state index contributed by atoms with van der Waals surface area (Å²) in [5, 5.41) is 15.1. The van der Waals surface area contributed by atoms with Crippen LogP contribution >= 0.6 is 0 Å². The molecule has 2 heterocycles. The van der Waals surface area contributed by atoms with Gasteiger partial charge in [-0.25, -0.2) is 0 Å². The number of nitrogens with one attached hydrogen (secondary N) is 1. The predicted molar refractivity (Wildman–Crippen MR) is 119 cm³/mol. The molecule has 1 aliphatic rings. The Kier molecular flexibility index (Phi) is 7.77. The lowest BCUT2D eigenvalue weighted by atomic mass is 10.1. The van der Waals surface area contributed by atoms with E-state index in [-0.39, 0.29) is 11.5 Å². The van der Waals surface area contributed by atoms with E-state index in [1.807, 2.05) is 51.1 Å². The van der Waals surface area contributed by atoms with E-state index in [0.717, 1.165) is 43.5 Å². The Labute approximate surface area is 179 Å². The molecule has 164 valence electrons. The number of ether oxygens (including phenoxy) is 1. The largest absolute Gasteiger partial charge is 0.389 e. The number of hydrogen-bond acceptors (Lipinski definition) is 6. The minimum absolute atomic E-state index is 0.132. The molecule has 0 saturated carbocycles. The highest BCUT2D eigenvalue weighted by Gasteiger charge is 2.21. The van der Waals surface area contributed by atoms with Crippen molar-refractivity contribution in [2.24, 2.45) is 0 Å². The second kappa shape index (κ2) is 10.3. The highest BCUT2D eigenvalue weighted by atomic mass is 16.5. The van der Waals surface area contributed by atoms with Crippen molar-refractivity contribution in [2.75, 3.05) is 52.4 Å². The monoisotopic (exact) mass is 414 g/mol. The molecular formula is C23H34N4O3. The molecule has 1 amide bonds. The van der Waals surface area contributed by atoms with Crippen molar-refractivity contribution in [3.8, 4) is 0 Å². The van der Waals surface area contributed by atoms with Crippen LogP contribution in [0, 0.1) is 0 Å². The van der Waals surface area contributed by atoms with Crippen LogP contribution in [0.3, 0.4) is 0 Å². The number of β-amino-alcohol motifs (C(OH)–C–C–N with tert-alkyl or cyclic N) is 1. The molecule has 30 heavy (non-hydrogen) atoms. The molecule has 7 nitrogen and oxygen atoms in total. The van der Waals surface area contributed by atoms with Gasteiger partial charge in [0.25, 0.3) is 5.91 Å². The number of aliphatic hydroxyl groups is 1. The number of carbonyl (C=O) groups is 1. The molecular weight excluding hydrogens is 380 g/mol. The van der Waals surface area contributed by atoms with Crippen LogP contribution in [0.1, 0.15) is 31.3 Å². The Balaban J connectivity index is 1.37. The number of hydrogen-bond donors (Lipinski definition) is 2. The summed E-state index contributed by atoms with van der Waals surface area (Å²) < 4.78 is 5.66. The zero-order valence-electron chi connectivity index (χ0n) is 18.3. The molecule has 2 N–H and O–H groups in total. The maximum atomic E-state index is 12.6. The first kappa shape index (κ1) is 22.6. The summed E-state index contributed by atoms with van der Waals surface area (Å²) in [6.45, 7) is 12.0. The fourth-order valence-corrected chi connectivity index (χ4v) is 3.60. The van der Waals surface area contributed by atoms with Gasteiger partial charge in [-0.15, -0.1) is 0 Å². The molecule has 1 aliphatic heterocycles. The van der Waals surface area contributed by atoms with Crippen molar-refractivity contribution in [1.29, 1.82) is 0 Å². The number of aromatic nitrogens is 1. The lowest BCUT2D eigenvalue weighted by Gasteiger charge is -2.35. The van der Waals surface area contributed by atoms with E-state index in [1.54, 1.807) is 6.20 Å². The van der Waals surface area contributed by atoms with Crippen molar-refractivity contribution in [2.45, 2.75) is 32.5 Å². The lowest BCUT2D eigenvalue weighted by Crippen LogP contribution is -2.50. The average Bonchev–Trinajstić information content (AvgIpc) is 2.72. The van der Waals surface area contributed by atoms with Crippen LogP contribution in [-0.2, 0) is 4.74 Å². The fraction of sp³-hybridized carbons (Fsp3) is 0.565. The van der Waals surface area contributed by atoms with Crippen LogP contribution in [-0.4, -0.2) is 89.9 Å². The second-order valence-electron chi connectivity index (χ2n) is 8.86. The first-order valence-electron chi connectivity index (χ1n) is 10.7. The minimum atomic E-state index is -0.469. The van der Waals surface area contributed by atoms with E-state index in [0.29, 0.717) is 25.4 Å². The molecule has 0 radical (unpaired) electrons. The molecule has 1 fully saturated rings. The number of pyridine rings is 1. The average molecular weight is 415 g/mol. The Morgan fingerprint density at radius 2 is 1.87 bits per heavy atom. The maximum Gasteiger partial charge on any atom is 0.270 e. The van der Waals surface area contributed by atoms with Gasteiger partial charge in [-0.2, -0.15) is 0 Å². The number of benzene rings is 1. The highest BCUT2D eigenvalue weighted by Crippen LogP contribution is 2.16. The number of piperazine rings is 1. The van der Waals surface area contributed by atoms with Gasteiger partial charge in [-0.05, 0) is 32.2 Å². The molecule has 0 aliphatic carbocycles. The maximum absolute atomic E-state index is 12.6. The summed E-state index contributed by atoms with van der Waals surface area (Å²) in [5.74, 6) is -0.132. The van der Waals surface area contributed by atoms with E-state index in [9.17, 15) is 9.90 Å². The standard InChI is InChI=1S/C23H34N4O3/c1-23(2,3)30-17-19(28)16-27-14-12-26(13-15-27)11-10-25-22(29)21-20-7-5-4-6-18(20)8-9-24-21/h4-9,19,28H,10-17H2,1-3H3,(H,25,29)/t19-/m0/s1. The van der Waals surface area contributed by atoms with Crippen LogP contribution in [0.4, 0.5) is 0 Å².